The average Bonchev–Trinajstić information content (AvgIpc) is 2.38. The Morgan fingerprint density at radius 1 is 1.40 bits per heavy atom. The molecule has 1 aromatic rings. The molecule has 20 heavy (non-hydrogen) atoms. The molecule has 112 valence electrons. The van der Waals surface area contributed by atoms with Crippen LogP contribution in [0, 0.1) is 0 Å². The summed E-state index contributed by atoms with van der Waals surface area (Å²) in [6, 6.07) is 4.30. The number of aliphatic hydroxyl groups is 1. The molecule has 1 rings (SSSR count). The molecule has 0 heterocycles. The van der Waals surface area contributed by atoms with Crippen LogP contribution in [0.5, 0.6) is 0 Å². The van der Waals surface area contributed by atoms with E-state index in [9.17, 15) is 18.0 Å². The summed E-state index contributed by atoms with van der Waals surface area (Å²) in [5.41, 5.74) is -1.35. The Kier molecular flexibility index (Phi) is 6.35. The Morgan fingerprint density at radius 3 is 2.60 bits per heavy atom. The van der Waals surface area contributed by atoms with Crippen molar-refractivity contribution in [2.75, 3.05) is 18.6 Å². The molecule has 0 aliphatic heterocycles. The molecule has 0 fully saturated rings. The maximum atomic E-state index is 12.8. The number of thioether (sulfide) groups is 1. The van der Waals surface area contributed by atoms with Crippen molar-refractivity contribution in [2.45, 2.75) is 18.6 Å². The van der Waals surface area contributed by atoms with Crippen molar-refractivity contribution in [2.24, 2.45) is 0 Å². The molecule has 0 radical (unpaired) electrons. The Morgan fingerprint density at radius 2 is 2.05 bits per heavy atom. The lowest BCUT2D eigenvalue weighted by atomic mass is 10.1. The first-order valence-corrected chi connectivity index (χ1v) is 7.36. The van der Waals surface area contributed by atoms with Gasteiger partial charge in [0.25, 0.3) is 5.91 Å². The van der Waals surface area contributed by atoms with Gasteiger partial charge in [0.2, 0.25) is 0 Å². The number of alkyl halides is 3. The van der Waals surface area contributed by atoms with Crippen molar-refractivity contribution >= 4 is 17.7 Å². The zero-order valence-electron chi connectivity index (χ0n) is 10.9. The predicted molar refractivity (Wildman–Crippen MR) is 72.8 cm³/mol. The Labute approximate surface area is 119 Å². The summed E-state index contributed by atoms with van der Waals surface area (Å²) in [5, 5.41) is 11.4. The van der Waals surface area contributed by atoms with E-state index in [1.54, 1.807) is 0 Å². The zero-order chi connectivity index (χ0) is 15.2. The maximum absolute atomic E-state index is 12.8. The minimum atomic E-state index is -4.57. The number of carbonyl (C=O) groups excluding carboxylic acids is 1. The van der Waals surface area contributed by atoms with Crippen LogP contribution in [0.15, 0.2) is 24.3 Å². The summed E-state index contributed by atoms with van der Waals surface area (Å²) in [4.78, 5) is 12.0. The first-order chi connectivity index (χ1) is 9.40. The minimum absolute atomic E-state index is 0.133. The minimum Gasteiger partial charge on any atom is -0.396 e. The summed E-state index contributed by atoms with van der Waals surface area (Å²) in [6.07, 6.45) is -2.44. The smallest absolute Gasteiger partial charge is 0.396 e. The van der Waals surface area contributed by atoms with Crippen molar-refractivity contribution in [3.05, 3.63) is 35.4 Å². The van der Waals surface area contributed by atoms with Crippen LogP contribution in [-0.2, 0) is 6.18 Å². The fraction of sp³-hybridized carbons (Fsp3) is 0.462. The number of hydrogen-bond acceptors (Lipinski definition) is 3. The lowest BCUT2D eigenvalue weighted by Crippen LogP contribution is -2.38. The van der Waals surface area contributed by atoms with Crippen molar-refractivity contribution in [1.29, 1.82) is 0 Å². The lowest BCUT2D eigenvalue weighted by Gasteiger charge is -2.18. The third kappa shape index (κ3) is 4.72. The summed E-state index contributed by atoms with van der Waals surface area (Å²) in [7, 11) is 0. The molecule has 1 aromatic carbocycles. The lowest BCUT2D eigenvalue weighted by molar-refractivity contribution is -0.137. The first-order valence-electron chi connectivity index (χ1n) is 5.97. The first kappa shape index (κ1) is 16.8. The molecular formula is C13H16F3NO2S. The van der Waals surface area contributed by atoms with Gasteiger partial charge in [-0.05, 0) is 24.8 Å². The van der Waals surface area contributed by atoms with Crippen molar-refractivity contribution in [3.8, 4) is 0 Å². The molecule has 0 bridgehead atoms. The third-order valence-corrected chi connectivity index (χ3v) is 3.39. The largest absolute Gasteiger partial charge is 0.417 e. The number of carbonyl (C=O) groups is 1. The number of benzene rings is 1. The van der Waals surface area contributed by atoms with E-state index in [0.29, 0.717) is 12.2 Å². The standard InChI is InChI=1S/C13H16F3NO2S/c1-20-8-9(6-7-18)17-12(19)10-4-2-3-5-11(10)13(14,15)16/h2-5,9,18H,6-8H2,1H3,(H,17,19). The fourth-order valence-electron chi connectivity index (χ4n) is 1.75. The van der Waals surface area contributed by atoms with E-state index in [-0.39, 0.29) is 12.6 Å². The topological polar surface area (TPSA) is 49.3 Å². The molecule has 0 aromatic heterocycles. The van der Waals surface area contributed by atoms with Crippen molar-refractivity contribution in [1.82, 2.24) is 5.32 Å². The Hall–Kier alpha value is -1.21. The SMILES string of the molecule is CSCC(CCO)NC(=O)c1ccccc1C(F)(F)F. The van der Waals surface area contributed by atoms with Gasteiger partial charge in [0, 0.05) is 18.4 Å². The van der Waals surface area contributed by atoms with Crippen LogP contribution in [0.1, 0.15) is 22.3 Å². The predicted octanol–water partition coefficient (Wildman–Crippen LogP) is 2.55. The molecule has 0 aliphatic carbocycles. The summed E-state index contributed by atoms with van der Waals surface area (Å²) < 4.78 is 38.5. The number of aliphatic hydroxyl groups excluding tert-OH is 1. The van der Waals surface area contributed by atoms with E-state index >= 15 is 0 Å². The molecule has 1 amide bonds. The zero-order valence-corrected chi connectivity index (χ0v) is 11.7. The van der Waals surface area contributed by atoms with Gasteiger partial charge in [-0.1, -0.05) is 12.1 Å². The molecule has 0 aliphatic rings. The Balaban J connectivity index is 2.92. The molecule has 7 heteroatoms. The number of nitrogens with one attached hydrogen (secondary N) is 1. The second kappa shape index (κ2) is 7.54. The highest BCUT2D eigenvalue weighted by Gasteiger charge is 2.35. The van der Waals surface area contributed by atoms with E-state index in [1.807, 2.05) is 6.26 Å². The van der Waals surface area contributed by atoms with E-state index in [4.69, 9.17) is 5.11 Å². The second-order valence-corrected chi connectivity index (χ2v) is 5.09. The van der Waals surface area contributed by atoms with E-state index in [1.165, 1.54) is 23.9 Å². The van der Waals surface area contributed by atoms with Crippen LogP contribution in [0.3, 0.4) is 0 Å². The van der Waals surface area contributed by atoms with Crippen LogP contribution >= 0.6 is 11.8 Å². The van der Waals surface area contributed by atoms with Gasteiger partial charge in [-0.25, -0.2) is 0 Å². The highest BCUT2D eigenvalue weighted by molar-refractivity contribution is 7.98. The van der Waals surface area contributed by atoms with Crippen LogP contribution in [0.25, 0.3) is 0 Å². The van der Waals surface area contributed by atoms with E-state index in [0.717, 1.165) is 12.1 Å². The van der Waals surface area contributed by atoms with Crippen molar-refractivity contribution in [3.63, 3.8) is 0 Å². The molecule has 1 unspecified atom stereocenters. The molecule has 0 spiro atoms. The third-order valence-electron chi connectivity index (χ3n) is 2.66. The number of amides is 1. The number of hydrogen-bond donors (Lipinski definition) is 2. The molecule has 1 atom stereocenters. The van der Waals surface area contributed by atoms with Gasteiger partial charge in [-0.15, -0.1) is 0 Å². The normalized spacial score (nSPS) is 13.1. The molecule has 2 N–H and O–H groups in total. The van der Waals surface area contributed by atoms with Gasteiger partial charge in [0.15, 0.2) is 0 Å². The molecule has 0 saturated heterocycles. The quantitative estimate of drug-likeness (QED) is 0.849. The summed E-state index contributed by atoms with van der Waals surface area (Å²) in [5.74, 6) is -0.244. The van der Waals surface area contributed by atoms with Gasteiger partial charge < -0.3 is 10.4 Å². The van der Waals surface area contributed by atoms with Gasteiger partial charge in [0.05, 0.1) is 11.1 Å². The molecular weight excluding hydrogens is 291 g/mol. The number of halogens is 3. The van der Waals surface area contributed by atoms with Gasteiger partial charge in [-0.3, -0.25) is 4.79 Å². The molecule has 0 saturated carbocycles. The highest BCUT2D eigenvalue weighted by Crippen LogP contribution is 2.31. The van der Waals surface area contributed by atoms with E-state index in [2.05, 4.69) is 5.32 Å². The number of rotatable bonds is 6. The summed E-state index contributed by atoms with van der Waals surface area (Å²) >= 11 is 1.45. The monoisotopic (exact) mass is 307 g/mol. The van der Waals surface area contributed by atoms with Gasteiger partial charge >= 0.3 is 6.18 Å². The van der Waals surface area contributed by atoms with Crippen LogP contribution in [0.2, 0.25) is 0 Å². The maximum Gasteiger partial charge on any atom is 0.417 e. The van der Waals surface area contributed by atoms with Gasteiger partial charge in [0.1, 0.15) is 0 Å². The highest BCUT2D eigenvalue weighted by atomic mass is 32.2. The van der Waals surface area contributed by atoms with E-state index < -0.39 is 23.2 Å². The summed E-state index contributed by atoms with van der Waals surface area (Å²) in [6.45, 7) is -0.133. The van der Waals surface area contributed by atoms with Crippen LogP contribution < -0.4 is 5.32 Å². The second-order valence-electron chi connectivity index (χ2n) is 4.18. The van der Waals surface area contributed by atoms with Gasteiger partial charge in [-0.2, -0.15) is 24.9 Å². The van der Waals surface area contributed by atoms with Crippen LogP contribution in [-0.4, -0.2) is 35.7 Å². The Bertz CT molecular complexity index is 445. The molecule has 3 nitrogen and oxygen atoms in total. The average molecular weight is 307 g/mol. The van der Waals surface area contributed by atoms with Crippen molar-refractivity contribution < 1.29 is 23.1 Å². The van der Waals surface area contributed by atoms with Crippen LogP contribution in [0.4, 0.5) is 13.2 Å². The fourth-order valence-corrected chi connectivity index (χ4v) is 2.40.